The molecule has 6 heteroatoms. The minimum Gasteiger partial charge on any atom is -0.496 e. The molecule has 0 aliphatic rings. The summed E-state index contributed by atoms with van der Waals surface area (Å²) in [7, 11) is -1.90. The number of hydrogen-bond donors (Lipinski definition) is 2. The van der Waals surface area contributed by atoms with E-state index in [1.807, 2.05) is 20.8 Å². The maximum absolute atomic E-state index is 12.3. The molecular formula is C14H24N2O3S. The molecule has 0 aliphatic carbocycles. The lowest BCUT2D eigenvalue weighted by Crippen LogP contribution is -2.32. The Labute approximate surface area is 121 Å². The second-order valence-corrected chi connectivity index (χ2v) is 6.40. The van der Waals surface area contributed by atoms with Crippen molar-refractivity contribution in [2.75, 3.05) is 13.7 Å². The van der Waals surface area contributed by atoms with Crippen LogP contribution in [0.1, 0.15) is 32.8 Å². The quantitative estimate of drug-likeness (QED) is 0.769. The molecule has 114 valence electrons. The van der Waals surface area contributed by atoms with Crippen molar-refractivity contribution in [2.45, 2.75) is 44.7 Å². The van der Waals surface area contributed by atoms with Crippen molar-refractivity contribution in [3.63, 3.8) is 0 Å². The standard InChI is InChI=1S/C14H24N2O3S/c1-5-11(3)16-20(17,18)13-7-8-14(19-4)12(9-13)10-15-6-2/h7-9,11,15-16H,5-6,10H2,1-4H3. The van der Waals surface area contributed by atoms with E-state index in [1.165, 1.54) is 0 Å². The largest absolute Gasteiger partial charge is 0.496 e. The van der Waals surface area contributed by atoms with E-state index in [9.17, 15) is 8.42 Å². The summed E-state index contributed by atoms with van der Waals surface area (Å²) < 4.78 is 32.4. The Balaban J connectivity index is 3.06. The van der Waals surface area contributed by atoms with E-state index >= 15 is 0 Å². The number of rotatable bonds is 8. The second kappa shape index (κ2) is 7.61. The van der Waals surface area contributed by atoms with Gasteiger partial charge in [0.15, 0.2) is 0 Å². The van der Waals surface area contributed by atoms with Gasteiger partial charge in [-0.15, -0.1) is 0 Å². The van der Waals surface area contributed by atoms with Crippen LogP contribution in [-0.2, 0) is 16.6 Å². The molecule has 2 N–H and O–H groups in total. The summed E-state index contributed by atoms with van der Waals surface area (Å²) >= 11 is 0. The van der Waals surface area contributed by atoms with Crippen LogP contribution >= 0.6 is 0 Å². The predicted molar refractivity (Wildman–Crippen MR) is 80.4 cm³/mol. The van der Waals surface area contributed by atoms with Crippen LogP contribution < -0.4 is 14.8 Å². The first-order valence-corrected chi connectivity index (χ1v) is 8.32. The second-order valence-electron chi connectivity index (χ2n) is 4.68. The van der Waals surface area contributed by atoms with Gasteiger partial charge in [0.2, 0.25) is 10.0 Å². The minimum absolute atomic E-state index is 0.0840. The van der Waals surface area contributed by atoms with Crippen LogP contribution in [0.5, 0.6) is 5.75 Å². The monoisotopic (exact) mass is 300 g/mol. The van der Waals surface area contributed by atoms with Gasteiger partial charge in [-0.1, -0.05) is 13.8 Å². The average molecular weight is 300 g/mol. The summed E-state index contributed by atoms with van der Waals surface area (Å²) in [5.41, 5.74) is 0.835. The highest BCUT2D eigenvalue weighted by Crippen LogP contribution is 2.22. The van der Waals surface area contributed by atoms with E-state index in [-0.39, 0.29) is 10.9 Å². The average Bonchev–Trinajstić information content (AvgIpc) is 2.44. The third-order valence-electron chi connectivity index (χ3n) is 3.10. The summed E-state index contributed by atoms with van der Waals surface area (Å²) in [5, 5.41) is 3.17. The van der Waals surface area contributed by atoms with E-state index in [2.05, 4.69) is 10.0 Å². The number of sulfonamides is 1. The third-order valence-corrected chi connectivity index (χ3v) is 4.68. The van der Waals surface area contributed by atoms with Crippen LogP contribution in [0.4, 0.5) is 0 Å². The zero-order valence-corrected chi connectivity index (χ0v) is 13.4. The molecule has 0 bridgehead atoms. The Morgan fingerprint density at radius 2 is 2.00 bits per heavy atom. The van der Waals surface area contributed by atoms with E-state index < -0.39 is 10.0 Å². The highest BCUT2D eigenvalue weighted by molar-refractivity contribution is 7.89. The smallest absolute Gasteiger partial charge is 0.240 e. The van der Waals surface area contributed by atoms with E-state index in [1.54, 1.807) is 25.3 Å². The Morgan fingerprint density at radius 1 is 1.30 bits per heavy atom. The zero-order valence-electron chi connectivity index (χ0n) is 12.6. The summed E-state index contributed by atoms with van der Waals surface area (Å²) in [6.45, 7) is 7.17. The third kappa shape index (κ3) is 4.47. The lowest BCUT2D eigenvalue weighted by Gasteiger charge is -2.14. The predicted octanol–water partition coefficient (Wildman–Crippen LogP) is 1.88. The van der Waals surface area contributed by atoms with Crippen LogP contribution in [0.3, 0.4) is 0 Å². The van der Waals surface area contributed by atoms with Gasteiger partial charge in [-0.2, -0.15) is 0 Å². The van der Waals surface area contributed by atoms with Crippen molar-refractivity contribution >= 4 is 10.0 Å². The molecule has 1 atom stereocenters. The number of hydrogen-bond acceptors (Lipinski definition) is 4. The molecule has 0 heterocycles. The van der Waals surface area contributed by atoms with Gasteiger partial charge in [0.25, 0.3) is 0 Å². The molecule has 0 aliphatic heterocycles. The molecule has 1 aromatic rings. The van der Waals surface area contributed by atoms with E-state index in [0.29, 0.717) is 12.3 Å². The Kier molecular flexibility index (Phi) is 6.45. The molecule has 0 amide bonds. The van der Waals surface area contributed by atoms with Crippen LogP contribution in [0.2, 0.25) is 0 Å². The molecule has 1 unspecified atom stereocenters. The minimum atomic E-state index is -3.48. The van der Waals surface area contributed by atoms with E-state index in [4.69, 9.17) is 4.74 Å². The van der Waals surface area contributed by atoms with Gasteiger partial charge < -0.3 is 10.1 Å². The number of methoxy groups -OCH3 is 1. The van der Waals surface area contributed by atoms with Crippen LogP contribution in [0, 0.1) is 0 Å². The van der Waals surface area contributed by atoms with Crippen molar-refractivity contribution in [1.29, 1.82) is 0 Å². The highest BCUT2D eigenvalue weighted by Gasteiger charge is 2.18. The lowest BCUT2D eigenvalue weighted by atomic mass is 10.2. The van der Waals surface area contributed by atoms with Gasteiger partial charge in [-0.3, -0.25) is 0 Å². The van der Waals surface area contributed by atoms with Gasteiger partial charge in [0, 0.05) is 18.2 Å². The van der Waals surface area contributed by atoms with Crippen LogP contribution in [0.25, 0.3) is 0 Å². The molecule has 0 saturated carbocycles. The number of ether oxygens (including phenoxy) is 1. The first-order chi connectivity index (χ1) is 9.44. The highest BCUT2D eigenvalue weighted by atomic mass is 32.2. The van der Waals surface area contributed by atoms with Crippen LogP contribution in [-0.4, -0.2) is 28.1 Å². The summed E-state index contributed by atoms with van der Waals surface area (Å²) in [5.74, 6) is 0.688. The van der Waals surface area contributed by atoms with Gasteiger partial charge in [-0.25, -0.2) is 13.1 Å². The van der Waals surface area contributed by atoms with Crippen molar-refractivity contribution in [1.82, 2.24) is 10.0 Å². The van der Waals surface area contributed by atoms with Crippen molar-refractivity contribution in [3.05, 3.63) is 23.8 Å². The molecule has 1 aromatic carbocycles. The fourth-order valence-corrected chi connectivity index (χ4v) is 3.11. The molecule has 0 spiro atoms. The fourth-order valence-electron chi connectivity index (χ4n) is 1.74. The molecule has 5 nitrogen and oxygen atoms in total. The Morgan fingerprint density at radius 3 is 2.55 bits per heavy atom. The molecule has 0 radical (unpaired) electrons. The summed E-state index contributed by atoms with van der Waals surface area (Å²) in [6, 6.07) is 4.84. The van der Waals surface area contributed by atoms with Crippen molar-refractivity contribution in [2.24, 2.45) is 0 Å². The molecule has 0 fully saturated rings. The Hall–Kier alpha value is -1.11. The number of nitrogens with one attached hydrogen (secondary N) is 2. The van der Waals surface area contributed by atoms with Gasteiger partial charge in [-0.05, 0) is 38.1 Å². The molecule has 0 saturated heterocycles. The normalized spacial score (nSPS) is 13.2. The summed E-state index contributed by atoms with van der Waals surface area (Å²) in [4.78, 5) is 0.270. The molecule has 0 aromatic heterocycles. The lowest BCUT2D eigenvalue weighted by molar-refractivity contribution is 0.407. The van der Waals surface area contributed by atoms with E-state index in [0.717, 1.165) is 18.5 Å². The van der Waals surface area contributed by atoms with Gasteiger partial charge in [0.1, 0.15) is 5.75 Å². The summed E-state index contributed by atoms with van der Waals surface area (Å²) in [6.07, 6.45) is 0.750. The van der Waals surface area contributed by atoms with Crippen molar-refractivity contribution in [3.8, 4) is 5.75 Å². The first-order valence-electron chi connectivity index (χ1n) is 6.84. The first kappa shape index (κ1) is 16.9. The topological polar surface area (TPSA) is 67.4 Å². The van der Waals surface area contributed by atoms with Gasteiger partial charge in [0.05, 0.1) is 12.0 Å². The zero-order chi connectivity index (χ0) is 15.2. The maximum Gasteiger partial charge on any atom is 0.240 e. The Bertz CT molecular complexity index is 529. The SMILES string of the molecule is CCNCc1cc(S(=O)(=O)NC(C)CC)ccc1OC. The molecule has 20 heavy (non-hydrogen) atoms. The molecular weight excluding hydrogens is 276 g/mol. The maximum atomic E-state index is 12.3. The fraction of sp³-hybridized carbons (Fsp3) is 0.571. The van der Waals surface area contributed by atoms with Crippen LogP contribution in [0.15, 0.2) is 23.1 Å². The van der Waals surface area contributed by atoms with Crippen molar-refractivity contribution < 1.29 is 13.2 Å². The molecule has 1 rings (SSSR count). The van der Waals surface area contributed by atoms with Gasteiger partial charge >= 0.3 is 0 Å². The number of benzene rings is 1.